The highest BCUT2D eigenvalue weighted by atomic mass is 32.2. The number of ether oxygens (including phenoxy) is 1. The van der Waals surface area contributed by atoms with E-state index in [0.717, 1.165) is 40.9 Å². The number of carbonyl (C=O) groups is 1. The quantitative estimate of drug-likeness (QED) is 0.939. The highest BCUT2D eigenvalue weighted by molar-refractivity contribution is 7.99. The monoisotopic (exact) mass is 315 g/mol. The van der Waals surface area contributed by atoms with Crippen molar-refractivity contribution in [2.45, 2.75) is 24.7 Å². The summed E-state index contributed by atoms with van der Waals surface area (Å²) in [4.78, 5) is 16.8. The molecule has 1 aromatic carbocycles. The van der Waals surface area contributed by atoms with Gasteiger partial charge in [-0.15, -0.1) is 0 Å². The SMILES string of the molecule is O=C(NCc1cn2c(n1)SCC2)C1COc2ccccc2C1. The summed E-state index contributed by atoms with van der Waals surface area (Å²) in [5.74, 6) is 1.90. The van der Waals surface area contributed by atoms with Crippen molar-refractivity contribution in [3.05, 3.63) is 41.7 Å². The van der Waals surface area contributed by atoms with E-state index in [1.807, 2.05) is 30.5 Å². The molecule has 3 heterocycles. The summed E-state index contributed by atoms with van der Waals surface area (Å²) in [6.45, 7) is 1.93. The van der Waals surface area contributed by atoms with Gasteiger partial charge in [0.05, 0.1) is 18.2 Å². The lowest BCUT2D eigenvalue weighted by atomic mass is 9.96. The molecule has 0 saturated carbocycles. The Kier molecular flexibility index (Phi) is 3.54. The second kappa shape index (κ2) is 5.68. The zero-order chi connectivity index (χ0) is 14.9. The maximum Gasteiger partial charge on any atom is 0.227 e. The van der Waals surface area contributed by atoms with Crippen LogP contribution in [0, 0.1) is 5.92 Å². The second-order valence-corrected chi connectivity index (χ2v) is 6.66. The number of hydrogen-bond acceptors (Lipinski definition) is 4. The van der Waals surface area contributed by atoms with Crippen LogP contribution in [0.25, 0.3) is 0 Å². The molecule has 5 nitrogen and oxygen atoms in total. The molecule has 114 valence electrons. The number of benzene rings is 1. The first-order valence-electron chi connectivity index (χ1n) is 7.47. The van der Waals surface area contributed by atoms with E-state index in [4.69, 9.17) is 4.74 Å². The van der Waals surface area contributed by atoms with Crippen molar-refractivity contribution in [3.63, 3.8) is 0 Å². The number of thioether (sulfide) groups is 1. The molecule has 0 saturated heterocycles. The highest BCUT2D eigenvalue weighted by Gasteiger charge is 2.25. The highest BCUT2D eigenvalue weighted by Crippen LogP contribution is 2.27. The summed E-state index contributed by atoms with van der Waals surface area (Å²) in [6, 6.07) is 7.90. The summed E-state index contributed by atoms with van der Waals surface area (Å²) in [6.07, 6.45) is 2.76. The number of amides is 1. The van der Waals surface area contributed by atoms with Gasteiger partial charge in [0.25, 0.3) is 0 Å². The summed E-state index contributed by atoms with van der Waals surface area (Å²) in [5.41, 5.74) is 2.03. The third kappa shape index (κ3) is 2.59. The first-order chi connectivity index (χ1) is 10.8. The van der Waals surface area contributed by atoms with Crippen LogP contribution in [0.4, 0.5) is 0 Å². The molecule has 1 amide bonds. The zero-order valence-electron chi connectivity index (χ0n) is 12.1. The number of aryl methyl sites for hydroxylation is 1. The molecular weight excluding hydrogens is 298 g/mol. The van der Waals surface area contributed by atoms with Gasteiger partial charge in [0.2, 0.25) is 5.91 Å². The van der Waals surface area contributed by atoms with Gasteiger partial charge < -0.3 is 14.6 Å². The summed E-state index contributed by atoms with van der Waals surface area (Å²) < 4.78 is 7.82. The third-order valence-electron chi connectivity index (χ3n) is 4.05. The Morgan fingerprint density at radius 1 is 1.45 bits per heavy atom. The first kappa shape index (κ1) is 13.7. The van der Waals surface area contributed by atoms with Gasteiger partial charge in [0.15, 0.2) is 5.16 Å². The van der Waals surface area contributed by atoms with E-state index < -0.39 is 0 Å². The summed E-state index contributed by atoms with van der Waals surface area (Å²) in [7, 11) is 0. The van der Waals surface area contributed by atoms with Crippen LogP contribution in [0.1, 0.15) is 11.3 Å². The van der Waals surface area contributed by atoms with Gasteiger partial charge in [-0.25, -0.2) is 4.98 Å². The molecule has 1 aromatic heterocycles. The van der Waals surface area contributed by atoms with Gasteiger partial charge in [-0.3, -0.25) is 4.79 Å². The normalized spacial score (nSPS) is 19.2. The van der Waals surface area contributed by atoms with Crippen molar-refractivity contribution in [3.8, 4) is 5.75 Å². The van der Waals surface area contributed by atoms with Gasteiger partial charge in [0.1, 0.15) is 12.4 Å². The molecule has 2 aliphatic heterocycles. The van der Waals surface area contributed by atoms with E-state index in [1.165, 1.54) is 0 Å². The van der Waals surface area contributed by atoms with Crippen LogP contribution in [-0.4, -0.2) is 27.8 Å². The van der Waals surface area contributed by atoms with Crippen LogP contribution in [0.15, 0.2) is 35.6 Å². The lowest BCUT2D eigenvalue weighted by molar-refractivity contribution is -0.126. The number of nitrogens with one attached hydrogen (secondary N) is 1. The summed E-state index contributed by atoms with van der Waals surface area (Å²) in [5, 5.41) is 4.04. The number of imidazole rings is 1. The predicted molar refractivity (Wildman–Crippen MR) is 83.9 cm³/mol. The fraction of sp³-hybridized carbons (Fsp3) is 0.375. The number of hydrogen-bond donors (Lipinski definition) is 1. The third-order valence-corrected chi connectivity index (χ3v) is 5.02. The van der Waals surface area contributed by atoms with Crippen LogP contribution in [0.3, 0.4) is 0 Å². The van der Waals surface area contributed by atoms with Gasteiger partial charge in [-0.2, -0.15) is 0 Å². The Balaban J connectivity index is 1.36. The van der Waals surface area contributed by atoms with Crippen LogP contribution < -0.4 is 10.1 Å². The van der Waals surface area contributed by atoms with Gasteiger partial charge >= 0.3 is 0 Å². The van der Waals surface area contributed by atoms with E-state index in [2.05, 4.69) is 14.9 Å². The maximum atomic E-state index is 12.3. The Hall–Kier alpha value is -1.95. The van der Waals surface area contributed by atoms with Crippen molar-refractivity contribution in [1.82, 2.24) is 14.9 Å². The van der Waals surface area contributed by atoms with E-state index >= 15 is 0 Å². The Morgan fingerprint density at radius 3 is 3.27 bits per heavy atom. The average molecular weight is 315 g/mol. The minimum Gasteiger partial charge on any atom is -0.492 e. The average Bonchev–Trinajstić information content (AvgIpc) is 3.13. The Bertz CT molecular complexity index is 692. The minimum absolute atomic E-state index is 0.0373. The maximum absolute atomic E-state index is 12.3. The lowest BCUT2D eigenvalue weighted by Gasteiger charge is -2.24. The number of aromatic nitrogens is 2. The van der Waals surface area contributed by atoms with Crippen LogP contribution in [-0.2, 0) is 24.3 Å². The molecule has 0 bridgehead atoms. The molecule has 1 atom stereocenters. The number of para-hydroxylation sites is 1. The van der Waals surface area contributed by atoms with E-state index in [-0.39, 0.29) is 11.8 Å². The molecule has 0 radical (unpaired) electrons. The molecule has 6 heteroatoms. The van der Waals surface area contributed by atoms with Crippen molar-refractivity contribution in [2.75, 3.05) is 12.4 Å². The predicted octanol–water partition coefficient (Wildman–Crippen LogP) is 1.86. The molecule has 2 aliphatic rings. The fourth-order valence-electron chi connectivity index (χ4n) is 2.87. The molecule has 1 unspecified atom stereocenters. The van der Waals surface area contributed by atoms with Crippen molar-refractivity contribution < 1.29 is 9.53 Å². The van der Waals surface area contributed by atoms with E-state index in [1.54, 1.807) is 11.8 Å². The Morgan fingerprint density at radius 2 is 2.36 bits per heavy atom. The van der Waals surface area contributed by atoms with Crippen LogP contribution in [0.5, 0.6) is 5.75 Å². The largest absolute Gasteiger partial charge is 0.492 e. The molecule has 1 N–H and O–H groups in total. The van der Waals surface area contributed by atoms with Crippen molar-refractivity contribution >= 4 is 17.7 Å². The van der Waals surface area contributed by atoms with Crippen LogP contribution >= 0.6 is 11.8 Å². The number of fused-ring (bicyclic) bond motifs is 2. The summed E-state index contributed by atoms with van der Waals surface area (Å²) >= 11 is 1.76. The molecule has 22 heavy (non-hydrogen) atoms. The smallest absolute Gasteiger partial charge is 0.227 e. The standard InChI is InChI=1S/C16H17N3O2S/c20-15(12-7-11-3-1-2-4-14(11)21-10-12)17-8-13-9-19-5-6-22-16(19)18-13/h1-4,9,12H,5-8,10H2,(H,17,20). The first-order valence-corrected chi connectivity index (χ1v) is 8.45. The molecule has 0 fully saturated rings. The molecule has 2 aromatic rings. The van der Waals surface area contributed by atoms with Gasteiger partial charge in [-0.1, -0.05) is 30.0 Å². The Labute approximate surface area is 133 Å². The molecule has 4 rings (SSSR count). The lowest BCUT2D eigenvalue weighted by Crippen LogP contribution is -2.37. The van der Waals surface area contributed by atoms with Gasteiger partial charge in [0, 0.05) is 18.5 Å². The zero-order valence-corrected chi connectivity index (χ0v) is 12.9. The van der Waals surface area contributed by atoms with Crippen LogP contribution in [0.2, 0.25) is 0 Å². The number of rotatable bonds is 3. The molecular formula is C16H17N3O2S. The number of nitrogens with zero attached hydrogens (tertiary/aromatic N) is 2. The molecule has 0 aliphatic carbocycles. The van der Waals surface area contributed by atoms with Gasteiger partial charge in [-0.05, 0) is 18.1 Å². The number of carbonyl (C=O) groups excluding carboxylic acids is 1. The second-order valence-electron chi connectivity index (χ2n) is 5.59. The van der Waals surface area contributed by atoms with Crippen molar-refractivity contribution in [2.24, 2.45) is 5.92 Å². The molecule has 0 spiro atoms. The van der Waals surface area contributed by atoms with E-state index in [0.29, 0.717) is 13.2 Å². The van der Waals surface area contributed by atoms with Crippen molar-refractivity contribution in [1.29, 1.82) is 0 Å². The minimum atomic E-state index is -0.126. The topological polar surface area (TPSA) is 56.2 Å². The van der Waals surface area contributed by atoms with E-state index in [9.17, 15) is 4.79 Å². The fourth-order valence-corrected chi connectivity index (χ4v) is 3.83.